The highest BCUT2D eigenvalue weighted by atomic mass is 35.5. The topological polar surface area (TPSA) is 44.4 Å². The number of carbonyl (C=O) groups is 1. The lowest BCUT2D eigenvalue weighted by atomic mass is 10.2. The highest BCUT2D eigenvalue weighted by Crippen LogP contribution is 1.91. The second-order valence-corrected chi connectivity index (χ2v) is 2.94. The van der Waals surface area contributed by atoms with Crippen LogP contribution in [0.25, 0.3) is 0 Å². The normalized spacial score (nSPS) is 22.7. The van der Waals surface area contributed by atoms with Gasteiger partial charge in [-0.3, -0.25) is 4.79 Å². The first-order valence-electron chi connectivity index (χ1n) is 3.87. The summed E-state index contributed by atoms with van der Waals surface area (Å²) < 4.78 is 0. The van der Waals surface area contributed by atoms with Crippen molar-refractivity contribution in [1.82, 2.24) is 15.5 Å². The van der Waals surface area contributed by atoms with Gasteiger partial charge in [-0.25, -0.2) is 0 Å². The molecule has 1 aliphatic rings. The molecule has 4 nitrogen and oxygen atoms in total. The molecule has 0 bridgehead atoms. The number of likely N-dealkylation sites (N-methyl/N-ethyl adjacent to an activating group) is 1. The second-order valence-electron chi connectivity index (χ2n) is 2.94. The van der Waals surface area contributed by atoms with Crippen LogP contribution < -0.4 is 10.6 Å². The zero-order valence-corrected chi connectivity index (χ0v) is 8.28. The summed E-state index contributed by atoms with van der Waals surface area (Å²) in [5.74, 6) is 0.150. The van der Waals surface area contributed by atoms with Crippen LogP contribution in [0.4, 0.5) is 0 Å². The average molecular weight is 194 g/mol. The van der Waals surface area contributed by atoms with Crippen molar-refractivity contribution in [2.24, 2.45) is 0 Å². The van der Waals surface area contributed by atoms with Crippen LogP contribution in [0.5, 0.6) is 0 Å². The molecule has 1 amide bonds. The Morgan fingerprint density at radius 2 is 2.08 bits per heavy atom. The van der Waals surface area contributed by atoms with Crippen LogP contribution in [0.15, 0.2) is 0 Å². The molecule has 1 fully saturated rings. The van der Waals surface area contributed by atoms with Gasteiger partial charge in [0.1, 0.15) is 0 Å². The van der Waals surface area contributed by atoms with Gasteiger partial charge < -0.3 is 15.5 Å². The Labute approximate surface area is 79.1 Å². The number of nitrogens with zero attached hydrogens (tertiary/aromatic N) is 1. The number of rotatable bonds is 1. The van der Waals surface area contributed by atoms with E-state index in [1.165, 1.54) is 0 Å². The van der Waals surface area contributed by atoms with E-state index >= 15 is 0 Å². The van der Waals surface area contributed by atoms with Crippen molar-refractivity contribution in [1.29, 1.82) is 0 Å². The maximum Gasteiger partial charge on any atom is 0.240 e. The molecule has 1 heterocycles. The molecular weight excluding hydrogens is 178 g/mol. The van der Waals surface area contributed by atoms with Crippen LogP contribution in [-0.2, 0) is 4.79 Å². The molecule has 12 heavy (non-hydrogen) atoms. The summed E-state index contributed by atoms with van der Waals surface area (Å²) in [7, 11) is 3.55. The Bertz CT molecular complexity index is 146. The molecule has 5 heteroatoms. The minimum Gasteiger partial charge on any atom is -0.347 e. The molecule has 0 saturated carbocycles. The fraction of sp³-hybridized carbons (Fsp3) is 0.857. The lowest BCUT2D eigenvalue weighted by Crippen LogP contribution is -2.55. The van der Waals surface area contributed by atoms with E-state index in [9.17, 15) is 4.79 Å². The van der Waals surface area contributed by atoms with E-state index in [-0.39, 0.29) is 24.4 Å². The monoisotopic (exact) mass is 193 g/mol. The first-order chi connectivity index (χ1) is 5.22. The molecule has 2 N–H and O–H groups in total. The lowest BCUT2D eigenvalue weighted by Gasteiger charge is -2.25. The van der Waals surface area contributed by atoms with E-state index < -0.39 is 0 Å². The third-order valence-corrected chi connectivity index (χ3v) is 1.78. The Balaban J connectivity index is 0.00000121. The Kier molecular flexibility index (Phi) is 5.20. The van der Waals surface area contributed by atoms with Gasteiger partial charge in [-0.15, -0.1) is 12.4 Å². The smallest absolute Gasteiger partial charge is 0.240 e. The Morgan fingerprint density at radius 3 is 2.50 bits per heavy atom. The number of amides is 1. The third-order valence-electron chi connectivity index (χ3n) is 1.78. The fourth-order valence-electron chi connectivity index (χ4n) is 1.14. The van der Waals surface area contributed by atoms with Crippen LogP contribution in [0.1, 0.15) is 0 Å². The SMILES string of the molecule is CN(C)C(=O)C1CNCCN1.Cl. The van der Waals surface area contributed by atoms with E-state index in [0.29, 0.717) is 0 Å². The number of piperazine rings is 1. The first kappa shape index (κ1) is 11.7. The van der Waals surface area contributed by atoms with Gasteiger partial charge in [-0.2, -0.15) is 0 Å². The maximum absolute atomic E-state index is 11.3. The number of hydrogen-bond donors (Lipinski definition) is 2. The molecule has 0 aromatic carbocycles. The zero-order chi connectivity index (χ0) is 8.27. The molecule has 0 radical (unpaired) electrons. The zero-order valence-electron chi connectivity index (χ0n) is 7.46. The second kappa shape index (κ2) is 5.35. The lowest BCUT2D eigenvalue weighted by molar-refractivity contribution is -0.131. The van der Waals surface area contributed by atoms with Crippen molar-refractivity contribution in [3.05, 3.63) is 0 Å². The highest BCUT2D eigenvalue weighted by Gasteiger charge is 2.20. The van der Waals surface area contributed by atoms with Gasteiger partial charge in [0.2, 0.25) is 5.91 Å². The molecule has 1 saturated heterocycles. The van der Waals surface area contributed by atoms with Crippen molar-refractivity contribution in [2.45, 2.75) is 6.04 Å². The van der Waals surface area contributed by atoms with Crippen LogP contribution in [0.2, 0.25) is 0 Å². The van der Waals surface area contributed by atoms with Crippen molar-refractivity contribution in [3.8, 4) is 0 Å². The quantitative estimate of drug-likeness (QED) is 0.565. The summed E-state index contributed by atoms with van der Waals surface area (Å²) >= 11 is 0. The van der Waals surface area contributed by atoms with E-state index in [0.717, 1.165) is 19.6 Å². The van der Waals surface area contributed by atoms with Gasteiger partial charge in [-0.05, 0) is 0 Å². The van der Waals surface area contributed by atoms with Gasteiger partial charge in [-0.1, -0.05) is 0 Å². The molecule has 1 atom stereocenters. The Hall–Kier alpha value is -0.320. The van der Waals surface area contributed by atoms with E-state index in [4.69, 9.17) is 0 Å². The predicted molar refractivity (Wildman–Crippen MR) is 50.6 cm³/mol. The van der Waals surface area contributed by atoms with Crippen LogP contribution in [0.3, 0.4) is 0 Å². The van der Waals surface area contributed by atoms with Gasteiger partial charge in [0.05, 0.1) is 6.04 Å². The highest BCUT2D eigenvalue weighted by molar-refractivity contribution is 5.85. The van der Waals surface area contributed by atoms with Crippen LogP contribution in [-0.4, -0.2) is 50.6 Å². The van der Waals surface area contributed by atoms with E-state index in [2.05, 4.69) is 10.6 Å². The molecular formula is C7H16ClN3O. The minimum absolute atomic E-state index is 0. The molecule has 72 valence electrons. The van der Waals surface area contributed by atoms with Crippen LogP contribution >= 0.6 is 12.4 Å². The molecule has 0 aromatic heterocycles. The van der Waals surface area contributed by atoms with Crippen LogP contribution in [0, 0.1) is 0 Å². The first-order valence-corrected chi connectivity index (χ1v) is 3.87. The number of nitrogens with one attached hydrogen (secondary N) is 2. The van der Waals surface area contributed by atoms with Crippen molar-refractivity contribution < 1.29 is 4.79 Å². The van der Waals surface area contributed by atoms with E-state index in [1.54, 1.807) is 19.0 Å². The van der Waals surface area contributed by atoms with Crippen molar-refractivity contribution in [3.63, 3.8) is 0 Å². The molecule has 1 aliphatic heterocycles. The fourth-order valence-corrected chi connectivity index (χ4v) is 1.14. The van der Waals surface area contributed by atoms with Crippen molar-refractivity contribution in [2.75, 3.05) is 33.7 Å². The summed E-state index contributed by atoms with van der Waals surface area (Å²) in [4.78, 5) is 12.9. The van der Waals surface area contributed by atoms with Gasteiger partial charge in [0.25, 0.3) is 0 Å². The standard InChI is InChI=1S/C7H15N3O.ClH/c1-10(2)7(11)6-5-8-3-4-9-6;/h6,8-9H,3-5H2,1-2H3;1H. The van der Waals surface area contributed by atoms with Gasteiger partial charge in [0.15, 0.2) is 0 Å². The molecule has 1 rings (SSSR count). The summed E-state index contributed by atoms with van der Waals surface area (Å²) in [5.41, 5.74) is 0. The Morgan fingerprint density at radius 1 is 1.42 bits per heavy atom. The summed E-state index contributed by atoms with van der Waals surface area (Å²) in [6, 6.07) is -0.0289. The molecule has 0 aliphatic carbocycles. The van der Waals surface area contributed by atoms with Gasteiger partial charge in [0, 0.05) is 33.7 Å². The molecule has 1 unspecified atom stereocenters. The number of hydrogen-bond acceptors (Lipinski definition) is 3. The largest absolute Gasteiger partial charge is 0.347 e. The van der Waals surface area contributed by atoms with E-state index in [1.807, 2.05) is 0 Å². The number of carbonyl (C=O) groups excluding carboxylic acids is 1. The average Bonchev–Trinajstić information content (AvgIpc) is 2.05. The summed E-state index contributed by atoms with van der Waals surface area (Å²) in [6.45, 7) is 2.58. The maximum atomic E-state index is 11.3. The molecule has 0 aromatic rings. The summed E-state index contributed by atoms with van der Waals surface area (Å²) in [6.07, 6.45) is 0. The summed E-state index contributed by atoms with van der Waals surface area (Å²) in [5, 5.41) is 6.31. The third kappa shape index (κ3) is 2.97. The molecule has 0 spiro atoms. The predicted octanol–water partition coefficient (Wildman–Crippen LogP) is -0.942. The number of halogens is 1. The minimum atomic E-state index is -0.0289. The van der Waals surface area contributed by atoms with Crippen molar-refractivity contribution >= 4 is 18.3 Å². The van der Waals surface area contributed by atoms with Gasteiger partial charge >= 0.3 is 0 Å².